The summed E-state index contributed by atoms with van der Waals surface area (Å²) in [7, 11) is -3.83. The highest BCUT2D eigenvalue weighted by Crippen LogP contribution is 2.36. The van der Waals surface area contributed by atoms with Crippen molar-refractivity contribution < 1.29 is 26.4 Å². The maximum atomic E-state index is 13.3. The van der Waals surface area contributed by atoms with E-state index in [0.29, 0.717) is 15.5 Å². The van der Waals surface area contributed by atoms with Gasteiger partial charge in [-0.15, -0.1) is 11.3 Å². The number of alkyl halides is 3. The lowest BCUT2D eigenvalue weighted by atomic mass is 10.2. The van der Waals surface area contributed by atoms with Gasteiger partial charge in [-0.05, 0) is 48.5 Å². The molecule has 0 radical (unpaired) electrons. The van der Waals surface area contributed by atoms with Crippen LogP contribution in [0.2, 0.25) is 5.02 Å². The zero-order valence-electron chi connectivity index (χ0n) is 18.1. The van der Waals surface area contributed by atoms with Gasteiger partial charge in [-0.2, -0.15) is 17.5 Å². The lowest BCUT2D eigenvalue weighted by Gasteiger charge is -2.35. The van der Waals surface area contributed by atoms with Crippen molar-refractivity contribution in [3.05, 3.63) is 75.8 Å². The van der Waals surface area contributed by atoms with Crippen molar-refractivity contribution in [1.82, 2.24) is 14.6 Å². The Morgan fingerprint density at radius 3 is 2.40 bits per heavy atom. The number of rotatable bonds is 6. The molecule has 4 rings (SSSR count). The number of sulfonamides is 1. The molecule has 2 aromatic heterocycles. The van der Waals surface area contributed by atoms with E-state index in [1.165, 1.54) is 27.5 Å². The number of carbonyl (C=O) groups excluding carboxylic acids is 1. The van der Waals surface area contributed by atoms with E-state index in [9.17, 15) is 26.4 Å². The maximum absolute atomic E-state index is 13.3. The molecular formula is C22H20ClF3N4O3S2. The number of hydrogen-bond acceptors (Lipinski definition) is 6. The minimum absolute atomic E-state index is 0.0245. The fourth-order valence-electron chi connectivity index (χ4n) is 3.60. The third kappa shape index (κ3) is 5.77. The van der Waals surface area contributed by atoms with Crippen LogP contribution in [0.4, 0.5) is 19.0 Å². The van der Waals surface area contributed by atoms with Gasteiger partial charge in [0.25, 0.3) is 15.9 Å². The van der Waals surface area contributed by atoms with Gasteiger partial charge in [0.05, 0.1) is 12.1 Å². The van der Waals surface area contributed by atoms with Gasteiger partial charge in [0, 0.05) is 47.8 Å². The van der Waals surface area contributed by atoms with E-state index in [-0.39, 0.29) is 48.7 Å². The van der Waals surface area contributed by atoms with Crippen LogP contribution in [-0.4, -0.2) is 49.8 Å². The minimum Gasteiger partial charge on any atom is -0.353 e. The molecule has 0 spiro atoms. The average molecular weight is 545 g/mol. The van der Waals surface area contributed by atoms with Gasteiger partial charge in [0.1, 0.15) is 10.0 Å². The van der Waals surface area contributed by atoms with Crippen LogP contribution in [0.5, 0.6) is 0 Å². The van der Waals surface area contributed by atoms with Crippen LogP contribution in [0.1, 0.15) is 20.8 Å². The van der Waals surface area contributed by atoms with E-state index in [0.717, 1.165) is 17.4 Å². The van der Waals surface area contributed by atoms with Crippen LogP contribution in [0, 0.1) is 0 Å². The SMILES string of the molecule is O=C(NCc1ccc(S(=O)(=O)N2CCN(c3ncccc3C(F)(F)F)CC2)s1)c1ccc(Cl)cc1. The van der Waals surface area contributed by atoms with Crippen molar-refractivity contribution in [2.75, 3.05) is 31.1 Å². The van der Waals surface area contributed by atoms with Crippen molar-refractivity contribution in [1.29, 1.82) is 0 Å². The van der Waals surface area contributed by atoms with E-state index in [4.69, 9.17) is 11.6 Å². The summed E-state index contributed by atoms with van der Waals surface area (Å²) in [5.41, 5.74) is -0.418. The monoisotopic (exact) mass is 544 g/mol. The molecule has 1 saturated heterocycles. The number of benzene rings is 1. The molecule has 1 fully saturated rings. The number of pyridine rings is 1. The first-order valence-electron chi connectivity index (χ1n) is 10.5. The molecule has 0 bridgehead atoms. The molecule has 13 heteroatoms. The fourth-order valence-corrected chi connectivity index (χ4v) is 6.60. The Bertz CT molecular complexity index is 1310. The smallest absolute Gasteiger partial charge is 0.353 e. The maximum Gasteiger partial charge on any atom is 0.419 e. The molecule has 1 N–H and O–H groups in total. The first-order valence-corrected chi connectivity index (χ1v) is 13.1. The number of anilines is 1. The molecule has 3 heterocycles. The normalized spacial score (nSPS) is 15.3. The molecule has 3 aromatic rings. The third-order valence-electron chi connectivity index (χ3n) is 5.39. The summed E-state index contributed by atoms with van der Waals surface area (Å²) >= 11 is 6.86. The summed E-state index contributed by atoms with van der Waals surface area (Å²) in [5, 5.41) is 3.25. The fraction of sp³-hybridized carbons (Fsp3) is 0.273. The second-order valence-corrected chi connectivity index (χ2v) is 11.4. The van der Waals surface area contributed by atoms with Crippen molar-refractivity contribution in [3.8, 4) is 0 Å². The van der Waals surface area contributed by atoms with E-state index >= 15 is 0 Å². The largest absolute Gasteiger partial charge is 0.419 e. The Kier molecular flexibility index (Phi) is 7.36. The van der Waals surface area contributed by atoms with E-state index in [1.54, 1.807) is 30.3 Å². The lowest BCUT2D eigenvalue weighted by Crippen LogP contribution is -2.49. The first-order chi connectivity index (χ1) is 16.6. The lowest BCUT2D eigenvalue weighted by molar-refractivity contribution is -0.137. The van der Waals surface area contributed by atoms with Gasteiger partial charge in [-0.25, -0.2) is 13.4 Å². The number of thiophene rings is 1. The molecule has 0 saturated carbocycles. The van der Waals surface area contributed by atoms with Gasteiger partial charge in [-0.3, -0.25) is 4.79 Å². The summed E-state index contributed by atoms with van der Waals surface area (Å²) in [6.45, 7) is 0.353. The molecule has 1 aliphatic rings. The molecule has 0 unspecified atom stereocenters. The topological polar surface area (TPSA) is 82.6 Å². The predicted molar refractivity (Wildman–Crippen MR) is 127 cm³/mol. The Morgan fingerprint density at radius 2 is 1.74 bits per heavy atom. The van der Waals surface area contributed by atoms with Gasteiger partial charge < -0.3 is 10.2 Å². The molecule has 1 aromatic carbocycles. The number of nitrogens with zero attached hydrogens (tertiary/aromatic N) is 3. The van der Waals surface area contributed by atoms with Crippen molar-refractivity contribution in [3.63, 3.8) is 0 Å². The Hall–Kier alpha value is -2.67. The Labute approximate surface area is 209 Å². The van der Waals surface area contributed by atoms with E-state index < -0.39 is 21.8 Å². The standard InChI is InChI=1S/C22H20ClF3N4O3S2/c23-16-5-3-15(4-6-16)21(31)28-14-17-7-8-19(34-17)35(32,33)30-12-10-29(11-13-30)20-18(22(24,25)26)2-1-9-27-20/h1-9H,10-14H2,(H,28,31). The number of amides is 1. The summed E-state index contributed by atoms with van der Waals surface area (Å²) in [6.07, 6.45) is -3.27. The van der Waals surface area contributed by atoms with Gasteiger partial charge in [0.2, 0.25) is 0 Å². The number of nitrogens with one attached hydrogen (secondary N) is 1. The van der Waals surface area contributed by atoms with Gasteiger partial charge in [-0.1, -0.05) is 11.6 Å². The first kappa shape index (κ1) is 25.4. The second kappa shape index (κ2) is 10.1. The quantitative estimate of drug-likeness (QED) is 0.501. The van der Waals surface area contributed by atoms with Crippen molar-refractivity contribution in [2.45, 2.75) is 16.9 Å². The molecule has 1 aliphatic heterocycles. The average Bonchev–Trinajstić information content (AvgIpc) is 3.33. The number of halogens is 4. The molecule has 0 atom stereocenters. The zero-order chi connectivity index (χ0) is 25.2. The Morgan fingerprint density at radius 1 is 1.06 bits per heavy atom. The molecule has 0 aliphatic carbocycles. The summed E-state index contributed by atoms with van der Waals surface area (Å²) in [6, 6.07) is 11.7. The summed E-state index contributed by atoms with van der Waals surface area (Å²) in [4.78, 5) is 18.2. The van der Waals surface area contributed by atoms with Crippen LogP contribution in [-0.2, 0) is 22.7 Å². The Balaban J connectivity index is 1.38. The zero-order valence-corrected chi connectivity index (χ0v) is 20.5. The highest BCUT2D eigenvalue weighted by Gasteiger charge is 2.37. The highest BCUT2D eigenvalue weighted by atomic mass is 35.5. The molecule has 186 valence electrons. The summed E-state index contributed by atoms with van der Waals surface area (Å²) < 4.78 is 67.5. The number of carbonyl (C=O) groups is 1. The number of hydrogen-bond donors (Lipinski definition) is 1. The van der Waals surface area contributed by atoms with Crippen molar-refractivity contribution >= 4 is 44.7 Å². The van der Waals surface area contributed by atoms with Crippen molar-refractivity contribution in [2.24, 2.45) is 0 Å². The number of piperazine rings is 1. The predicted octanol–water partition coefficient (Wildman–Crippen LogP) is 4.26. The van der Waals surface area contributed by atoms with Crippen LogP contribution >= 0.6 is 22.9 Å². The van der Waals surface area contributed by atoms with Crippen LogP contribution in [0.3, 0.4) is 0 Å². The third-order valence-corrected chi connectivity index (χ3v) is 9.09. The van der Waals surface area contributed by atoms with Crippen LogP contribution in [0.25, 0.3) is 0 Å². The second-order valence-electron chi connectivity index (χ2n) is 7.67. The molecular weight excluding hydrogens is 525 g/mol. The number of aromatic nitrogens is 1. The highest BCUT2D eigenvalue weighted by molar-refractivity contribution is 7.91. The van der Waals surface area contributed by atoms with Crippen LogP contribution < -0.4 is 10.2 Å². The summed E-state index contributed by atoms with van der Waals surface area (Å²) in [5.74, 6) is -0.518. The molecule has 7 nitrogen and oxygen atoms in total. The van der Waals surface area contributed by atoms with E-state index in [1.807, 2.05) is 0 Å². The molecule has 1 amide bonds. The van der Waals surface area contributed by atoms with Gasteiger partial charge >= 0.3 is 6.18 Å². The van der Waals surface area contributed by atoms with Crippen LogP contribution in [0.15, 0.2) is 58.9 Å². The van der Waals surface area contributed by atoms with E-state index in [2.05, 4.69) is 10.3 Å². The van der Waals surface area contributed by atoms with Gasteiger partial charge in [0.15, 0.2) is 0 Å². The minimum atomic E-state index is -4.55. The molecule has 35 heavy (non-hydrogen) atoms.